The van der Waals surface area contributed by atoms with Gasteiger partial charge in [-0.3, -0.25) is 0 Å². The second kappa shape index (κ2) is 8.51. The second-order valence-corrected chi connectivity index (χ2v) is 5.84. The molecule has 0 spiro atoms. The van der Waals surface area contributed by atoms with Crippen molar-refractivity contribution in [3.05, 3.63) is 22.3 Å². The van der Waals surface area contributed by atoms with Crippen LogP contribution in [0.4, 0.5) is 0 Å². The molecule has 19 heavy (non-hydrogen) atoms. The molecule has 0 radical (unpaired) electrons. The van der Waals surface area contributed by atoms with E-state index in [0.717, 1.165) is 16.6 Å². The summed E-state index contributed by atoms with van der Waals surface area (Å²) in [5.74, 6) is 0.670. The molecule has 0 atom stereocenters. The minimum absolute atomic E-state index is 0.226. The second-order valence-electron chi connectivity index (χ2n) is 4.92. The number of nitrogens with one attached hydrogen (secondary N) is 1. The van der Waals surface area contributed by atoms with Gasteiger partial charge in [0.1, 0.15) is 6.61 Å². The van der Waals surface area contributed by atoms with Crippen molar-refractivity contribution in [2.45, 2.75) is 46.4 Å². The highest BCUT2D eigenvalue weighted by Crippen LogP contribution is 2.20. The van der Waals surface area contributed by atoms with Gasteiger partial charge < -0.3 is 14.8 Å². The summed E-state index contributed by atoms with van der Waals surface area (Å²) in [5.41, 5.74) is 1.05. The Bertz CT molecular complexity index is 384. The van der Waals surface area contributed by atoms with E-state index in [4.69, 9.17) is 9.47 Å². The normalized spacial score (nSPS) is 11.3. The zero-order valence-corrected chi connectivity index (χ0v) is 13.7. The molecule has 1 N–H and O–H groups in total. The first kappa shape index (κ1) is 16.4. The molecule has 108 valence electrons. The predicted octanol–water partition coefficient (Wildman–Crippen LogP) is 3.15. The molecule has 1 heterocycles. The number of halogens is 1. The van der Waals surface area contributed by atoms with Gasteiger partial charge in [0.2, 0.25) is 5.88 Å². The highest BCUT2D eigenvalue weighted by Gasteiger charge is 2.07. The zero-order valence-electron chi connectivity index (χ0n) is 12.1. The third-order valence-electron chi connectivity index (χ3n) is 2.37. The number of hydrogen-bond acceptors (Lipinski definition) is 4. The van der Waals surface area contributed by atoms with E-state index >= 15 is 0 Å². The van der Waals surface area contributed by atoms with Crippen molar-refractivity contribution in [2.24, 2.45) is 0 Å². The maximum Gasteiger partial charge on any atom is 0.217 e. The predicted molar refractivity (Wildman–Crippen MR) is 80.5 cm³/mol. The highest BCUT2D eigenvalue weighted by molar-refractivity contribution is 9.10. The number of hydrogen-bond donors (Lipinski definition) is 1. The van der Waals surface area contributed by atoms with E-state index in [1.807, 2.05) is 19.9 Å². The fourth-order valence-electron chi connectivity index (χ4n) is 1.46. The van der Waals surface area contributed by atoms with E-state index in [9.17, 15) is 0 Å². The molecule has 0 aliphatic carbocycles. The monoisotopic (exact) mass is 330 g/mol. The number of aromatic nitrogens is 1. The van der Waals surface area contributed by atoms with Crippen molar-refractivity contribution in [3.63, 3.8) is 0 Å². The lowest BCUT2D eigenvalue weighted by Crippen LogP contribution is -2.22. The van der Waals surface area contributed by atoms with E-state index in [1.54, 1.807) is 6.20 Å². The number of nitrogens with zero attached hydrogens (tertiary/aromatic N) is 1. The van der Waals surface area contributed by atoms with Crippen molar-refractivity contribution in [1.82, 2.24) is 10.3 Å². The molecule has 0 fully saturated rings. The van der Waals surface area contributed by atoms with E-state index in [-0.39, 0.29) is 6.10 Å². The van der Waals surface area contributed by atoms with Crippen LogP contribution in [0.1, 0.15) is 33.3 Å². The van der Waals surface area contributed by atoms with Crippen LogP contribution in [0.15, 0.2) is 16.7 Å². The molecule has 0 saturated carbocycles. The minimum Gasteiger partial charge on any atom is -0.475 e. The van der Waals surface area contributed by atoms with E-state index in [0.29, 0.717) is 25.1 Å². The average Bonchev–Trinajstić information content (AvgIpc) is 2.33. The Balaban J connectivity index is 2.55. The first-order chi connectivity index (χ1) is 8.99. The third kappa shape index (κ3) is 6.89. The van der Waals surface area contributed by atoms with Gasteiger partial charge in [0.05, 0.1) is 12.7 Å². The summed E-state index contributed by atoms with van der Waals surface area (Å²) in [4.78, 5) is 4.31. The van der Waals surface area contributed by atoms with Gasteiger partial charge in [-0.2, -0.15) is 0 Å². The molecular formula is C14H23BrN2O2. The van der Waals surface area contributed by atoms with E-state index < -0.39 is 0 Å². The van der Waals surface area contributed by atoms with Crippen molar-refractivity contribution in [3.8, 4) is 5.88 Å². The summed E-state index contributed by atoms with van der Waals surface area (Å²) >= 11 is 3.43. The maximum absolute atomic E-state index is 5.68. The molecule has 1 aromatic heterocycles. The first-order valence-electron chi connectivity index (χ1n) is 6.61. The Morgan fingerprint density at radius 3 is 2.63 bits per heavy atom. The van der Waals surface area contributed by atoms with Crippen molar-refractivity contribution in [2.75, 3.05) is 13.2 Å². The van der Waals surface area contributed by atoms with Crippen LogP contribution >= 0.6 is 15.9 Å². The van der Waals surface area contributed by atoms with Gasteiger partial charge in [-0.25, -0.2) is 4.98 Å². The molecule has 0 aromatic carbocycles. The van der Waals surface area contributed by atoms with Gasteiger partial charge in [-0.15, -0.1) is 0 Å². The molecule has 0 aliphatic heterocycles. The quantitative estimate of drug-likeness (QED) is 0.743. The number of ether oxygens (including phenoxy) is 2. The van der Waals surface area contributed by atoms with Gasteiger partial charge in [0, 0.05) is 28.8 Å². The minimum atomic E-state index is 0.226. The highest BCUT2D eigenvalue weighted by atomic mass is 79.9. The average molecular weight is 331 g/mol. The topological polar surface area (TPSA) is 43.4 Å². The Morgan fingerprint density at radius 2 is 2.00 bits per heavy atom. The Morgan fingerprint density at radius 1 is 1.26 bits per heavy atom. The fourth-order valence-corrected chi connectivity index (χ4v) is 1.84. The summed E-state index contributed by atoms with van der Waals surface area (Å²) in [5, 5.41) is 3.37. The molecule has 5 heteroatoms. The molecule has 0 aliphatic rings. The Kier molecular flexibility index (Phi) is 7.34. The SMILES string of the molecule is CC(C)NCc1cc(Br)cnc1OCCOC(C)C. The molecule has 0 unspecified atom stereocenters. The van der Waals surface area contributed by atoms with Crippen LogP contribution in [0.25, 0.3) is 0 Å². The van der Waals surface area contributed by atoms with Crippen LogP contribution in [0.3, 0.4) is 0 Å². The standard InChI is InChI=1S/C14H23BrN2O2/c1-10(2)16-8-12-7-13(15)9-17-14(12)19-6-5-18-11(3)4/h7,9-11,16H,5-6,8H2,1-4H3. The van der Waals surface area contributed by atoms with Crippen molar-refractivity contribution < 1.29 is 9.47 Å². The molecule has 1 aromatic rings. The summed E-state index contributed by atoms with van der Waals surface area (Å²) in [6.07, 6.45) is 1.97. The van der Waals surface area contributed by atoms with E-state index in [1.165, 1.54) is 0 Å². The molecule has 0 saturated heterocycles. The third-order valence-corrected chi connectivity index (χ3v) is 2.80. The largest absolute Gasteiger partial charge is 0.475 e. The number of rotatable bonds is 8. The van der Waals surface area contributed by atoms with Crippen LogP contribution in [0.2, 0.25) is 0 Å². The molecule has 4 nitrogen and oxygen atoms in total. The Labute approximate surface area is 124 Å². The summed E-state index contributed by atoms with van der Waals surface area (Å²) in [6, 6.07) is 2.46. The Hall–Kier alpha value is -0.650. The summed E-state index contributed by atoms with van der Waals surface area (Å²) < 4.78 is 12.1. The van der Waals surface area contributed by atoms with Gasteiger partial charge in [-0.05, 0) is 35.8 Å². The van der Waals surface area contributed by atoms with Gasteiger partial charge in [0.15, 0.2) is 0 Å². The van der Waals surface area contributed by atoms with Crippen molar-refractivity contribution >= 4 is 15.9 Å². The molecule has 0 bridgehead atoms. The molecular weight excluding hydrogens is 308 g/mol. The zero-order chi connectivity index (χ0) is 14.3. The number of pyridine rings is 1. The molecule has 1 rings (SSSR count). The lowest BCUT2D eigenvalue weighted by molar-refractivity contribution is 0.0540. The van der Waals surface area contributed by atoms with Crippen LogP contribution < -0.4 is 10.1 Å². The van der Waals surface area contributed by atoms with Gasteiger partial charge >= 0.3 is 0 Å². The van der Waals surface area contributed by atoms with Crippen LogP contribution in [-0.4, -0.2) is 30.3 Å². The van der Waals surface area contributed by atoms with Gasteiger partial charge in [0.25, 0.3) is 0 Å². The molecule has 0 amide bonds. The lowest BCUT2D eigenvalue weighted by Gasteiger charge is -2.14. The summed E-state index contributed by atoms with van der Waals surface area (Å²) in [7, 11) is 0. The maximum atomic E-state index is 5.68. The smallest absolute Gasteiger partial charge is 0.217 e. The lowest BCUT2D eigenvalue weighted by atomic mass is 10.2. The van der Waals surface area contributed by atoms with E-state index in [2.05, 4.69) is 40.1 Å². The van der Waals surface area contributed by atoms with Crippen LogP contribution in [0.5, 0.6) is 5.88 Å². The fraction of sp³-hybridized carbons (Fsp3) is 0.643. The summed E-state index contributed by atoms with van der Waals surface area (Å²) in [6.45, 7) is 10.1. The first-order valence-corrected chi connectivity index (χ1v) is 7.40. The van der Waals surface area contributed by atoms with Gasteiger partial charge in [-0.1, -0.05) is 13.8 Å². The van der Waals surface area contributed by atoms with Crippen LogP contribution in [-0.2, 0) is 11.3 Å². The van der Waals surface area contributed by atoms with Crippen LogP contribution in [0, 0.1) is 0 Å². The van der Waals surface area contributed by atoms with Crippen molar-refractivity contribution in [1.29, 1.82) is 0 Å².